The van der Waals surface area contributed by atoms with Gasteiger partial charge in [-0.1, -0.05) is 31.9 Å². The zero-order valence-electron chi connectivity index (χ0n) is 12.3. The lowest BCUT2D eigenvalue weighted by atomic mass is 10.1. The fraction of sp³-hybridized carbons (Fsp3) is 0.571. The first-order valence-electron chi connectivity index (χ1n) is 6.55. The molecule has 20 heavy (non-hydrogen) atoms. The van der Waals surface area contributed by atoms with Crippen molar-refractivity contribution in [3.63, 3.8) is 0 Å². The number of halogens is 2. The van der Waals surface area contributed by atoms with Crippen molar-refractivity contribution in [1.29, 1.82) is 0 Å². The fourth-order valence-corrected chi connectivity index (χ4v) is 4.11. The molecule has 114 valence electrons. The SMILES string of the molecule is CCC(C)CN(C)S(=O)(=O)c1cc(Cl)cc(CCl)c1C. The summed E-state index contributed by atoms with van der Waals surface area (Å²) in [5.74, 6) is 0.547. The van der Waals surface area contributed by atoms with E-state index >= 15 is 0 Å². The number of hydrogen-bond donors (Lipinski definition) is 0. The van der Waals surface area contributed by atoms with Crippen LogP contribution in [0.4, 0.5) is 0 Å². The number of nitrogens with zero attached hydrogens (tertiary/aromatic N) is 1. The number of benzene rings is 1. The Labute approximate surface area is 131 Å². The predicted molar refractivity (Wildman–Crippen MR) is 85.0 cm³/mol. The van der Waals surface area contributed by atoms with E-state index in [4.69, 9.17) is 23.2 Å². The second-order valence-electron chi connectivity index (χ2n) is 5.12. The molecule has 1 rings (SSSR count). The summed E-state index contributed by atoms with van der Waals surface area (Å²) in [6.45, 7) is 6.32. The van der Waals surface area contributed by atoms with E-state index < -0.39 is 10.0 Å². The quantitative estimate of drug-likeness (QED) is 0.734. The van der Waals surface area contributed by atoms with Gasteiger partial charge in [-0.05, 0) is 36.1 Å². The lowest BCUT2D eigenvalue weighted by molar-refractivity contribution is 0.393. The Morgan fingerprint density at radius 1 is 1.35 bits per heavy atom. The highest BCUT2D eigenvalue weighted by Gasteiger charge is 2.25. The van der Waals surface area contributed by atoms with Gasteiger partial charge >= 0.3 is 0 Å². The van der Waals surface area contributed by atoms with Gasteiger partial charge < -0.3 is 0 Å². The van der Waals surface area contributed by atoms with Crippen LogP contribution in [0.3, 0.4) is 0 Å². The molecule has 6 heteroatoms. The lowest BCUT2D eigenvalue weighted by Gasteiger charge is -2.22. The zero-order valence-corrected chi connectivity index (χ0v) is 14.6. The van der Waals surface area contributed by atoms with Gasteiger partial charge in [0.05, 0.1) is 4.90 Å². The van der Waals surface area contributed by atoms with Crippen molar-refractivity contribution in [2.24, 2.45) is 5.92 Å². The van der Waals surface area contributed by atoms with Crippen LogP contribution in [0, 0.1) is 12.8 Å². The molecule has 0 radical (unpaired) electrons. The fourth-order valence-electron chi connectivity index (χ4n) is 1.95. The molecular formula is C14H21Cl2NO2S. The van der Waals surface area contributed by atoms with Gasteiger partial charge in [-0.3, -0.25) is 0 Å². The number of hydrogen-bond acceptors (Lipinski definition) is 2. The van der Waals surface area contributed by atoms with Gasteiger partial charge in [-0.2, -0.15) is 0 Å². The van der Waals surface area contributed by atoms with Crippen LogP contribution in [0.25, 0.3) is 0 Å². The maximum atomic E-state index is 12.6. The summed E-state index contributed by atoms with van der Waals surface area (Å²) in [6.07, 6.45) is 0.932. The Kier molecular flexibility index (Phi) is 6.32. The molecule has 0 N–H and O–H groups in total. The molecule has 0 aliphatic heterocycles. The van der Waals surface area contributed by atoms with E-state index in [1.807, 2.05) is 13.8 Å². The van der Waals surface area contributed by atoms with Crippen molar-refractivity contribution in [3.05, 3.63) is 28.3 Å². The summed E-state index contributed by atoms with van der Waals surface area (Å²) in [5.41, 5.74) is 1.41. The summed E-state index contributed by atoms with van der Waals surface area (Å²) in [7, 11) is -1.94. The lowest BCUT2D eigenvalue weighted by Crippen LogP contribution is -2.31. The van der Waals surface area contributed by atoms with Gasteiger partial charge in [-0.25, -0.2) is 12.7 Å². The third-order valence-electron chi connectivity index (χ3n) is 3.53. The van der Waals surface area contributed by atoms with Crippen LogP contribution >= 0.6 is 23.2 Å². The summed E-state index contributed by atoms with van der Waals surface area (Å²) in [6, 6.07) is 3.20. The van der Waals surface area contributed by atoms with Crippen molar-refractivity contribution < 1.29 is 8.42 Å². The topological polar surface area (TPSA) is 37.4 Å². The molecule has 1 unspecified atom stereocenters. The van der Waals surface area contributed by atoms with Gasteiger partial charge in [0.1, 0.15) is 0 Å². The molecule has 1 aromatic carbocycles. The van der Waals surface area contributed by atoms with Gasteiger partial charge in [0.15, 0.2) is 0 Å². The molecule has 0 aliphatic carbocycles. The first-order chi connectivity index (χ1) is 9.23. The maximum Gasteiger partial charge on any atom is 0.243 e. The number of alkyl halides is 1. The zero-order chi connectivity index (χ0) is 15.5. The molecule has 0 saturated carbocycles. The highest BCUT2D eigenvalue weighted by atomic mass is 35.5. The monoisotopic (exact) mass is 337 g/mol. The van der Waals surface area contributed by atoms with Crippen molar-refractivity contribution in [2.75, 3.05) is 13.6 Å². The first-order valence-corrected chi connectivity index (χ1v) is 8.90. The van der Waals surface area contributed by atoms with Crippen LogP contribution in [-0.4, -0.2) is 26.3 Å². The summed E-state index contributed by atoms with van der Waals surface area (Å²) >= 11 is 11.8. The van der Waals surface area contributed by atoms with E-state index in [0.29, 0.717) is 23.0 Å². The van der Waals surface area contributed by atoms with Crippen molar-refractivity contribution in [1.82, 2.24) is 4.31 Å². The number of sulfonamides is 1. The molecule has 3 nitrogen and oxygen atoms in total. The van der Waals surface area contributed by atoms with Crippen LogP contribution in [0.2, 0.25) is 5.02 Å². The Balaban J connectivity index is 3.25. The minimum atomic E-state index is -3.54. The third-order valence-corrected chi connectivity index (χ3v) is 5.99. The standard InChI is InChI=1S/C14H21Cl2NO2S/c1-5-10(2)9-17(4)20(18,19)14-7-13(16)6-12(8-15)11(14)3/h6-7,10H,5,8-9H2,1-4H3. The minimum absolute atomic E-state index is 0.240. The van der Waals surface area contributed by atoms with E-state index in [9.17, 15) is 8.42 Å². The molecule has 1 aromatic rings. The molecule has 1 atom stereocenters. The summed E-state index contributed by atoms with van der Waals surface area (Å²) in [4.78, 5) is 0.242. The molecule has 0 bridgehead atoms. The molecule has 0 spiro atoms. The van der Waals surface area contributed by atoms with Crippen molar-refractivity contribution in [2.45, 2.75) is 38.0 Å². The van der Waals surface area contributed by atoms with Gasteiger partial charge in [0.25, 0.3) is 0 Å². The second kappa shape index (κ2) is 7.12. The average molecular weight is 338 g/mol. The molecule has 0 saturated heterocycles. The van der Waals surface area contributed by atoms with E-state index in [1.54, 1.807) is 20.0 Å². The predicted octanol–water partition coefficient (Wildman–Crippen LogP) is 4.05. The van der Waals surface area contributed by atoms with Crippen LogP contribution in [0.1, 0.15) is 31.4 Å². The van der Waals surface area contributed by atoms with Gasteiger partial charge in [0, 0.05) is 24.5 Å². The largest absolute Gasteiger partial charge is 0.243 e. The Hall–Kier alpha value is -0.290. The van der Waals surface area contributed by atoms with Crippen molar-refractivity contribution in [3.8, 4) is 0 Å². The Bertz CT molecular complexity index is 573. The van der Waals surface area contributed by atoms with Crippen LogP contribution in [0.15, 0.2) is 17.0 Å². The van der Waals surface area contributed by atoms with E-state index in [2.05, 4.69) is 0 Å². The smallest absolute Gasteiger partial charge is 0.207 e. The highest BCUT2D eigenvalue weighted by Crippen LogP contribution is 2.27. The molecule has 0 heterocycles. The molecule has 0 fully saturated rings. The minimum Gasteiger partial charge on any atom is -0.207 e. The van der Waals surface area contributed by atoms with E-state index in [1.165, 1.54) is 10.4 Å². The molecule has 0 aliphatic rings. The molecule has 0 aromatic heterocycles. The molecule has 0 amide bonds. The summed E-state index contributed by atoms with van der Waals surface area (Å²) in [5, 5.41) is 0.391. The maximum absolute atomic E-state index is 12.6. The van der Waals surface area contributed by atoms with Crippen LogP contribution in [0.5, 0.6) is 0 Å². The third kappa shape index (κ3) is 3.88. The average Bonchev–Trinajstić information content (AvgIpc) is 2.40. The van der Waals surface area contributed by atoms with E-state index in [0.717, 1.165) is 12.0 Å². The van der Waals surface area contributed by atoms with Crippen LogP contribution < -0.4 is 0 Å². The Morgan fingerprint density at radius 3 is 2.45 bits per heavy atom. The Morgan fingerprint density at radius 2 is 1.95 bits per heavy atom. The van der Waals surface area contributed by atoms with Gasteiger partial charge in [0.2, 0.25) is 10.0 Å². The van der Waals surface area contributed by atoms with Crippen molar-refractivity contribution >= 4 is 33.2 Å². The van der Waals surface area contributed by atoms with Gasteiger partial charge in [-0.15, -0.1) is 11.6 Å². The summed E-state index contributed by atoms with van der Waals surface area (Å²) < 4.78 is 26.7. The second-order valence-corrected chi connectivity index (χ2v) is 7.84. The normalized spacial score (nSPS) is 13.8. The number of rotatable bonds is 6. The van der Waals surface area contributed by atoms with Crippen LogP contribution in [-0.2, 0) is 15.9 Å². The van der Waals surface area contributed by atoms with E-state index in [-0.39, 0.29) is 10.8 Å². The molecular weight excluding hydrogens is 317 g/mol. The highest BCUT2D eigenvalue weighted by molar-refractivity contribution is 7.89. The first kappa shape index (κ1) is 17.8.